The molecule has 2 fully saturated rings. The Balaban J connectivity index is 0.00000192. The lowest BCUT2D eigenvalue weighted by molar-refractivity contribution is 0.0677. The van der Waals surface area contributed by atoms with Crippen molar-refractivity contribution in [3.8, 4) is 5.75 Å². The predicted molar refractivity (Wildman–Crippen MR) is 91.3 cm³/mol. The summed E-state index contributed by atoms with van der Waals surface area (Å²) in [7, 11) is 0. The minimum atomic E-state index is 0. The normalized spacial score (nSPS) is 24.1. The number of nitrogens with two attached hydrogens (primary N) is 1. The molecule has 3 rings (SSSR count). The largest absolute Gasteiger partial charge is 0.491 e. The van der Waals surface area contributed by atoms with Crippen LogP contribution in [0.4, 0.5) is 0 Å². The van der Waals surface area contributed by atoms with Gasteiger partial charge in [0.2, 0.25) is 0 Å². The van der Waals surface area contributed by atoms with E-state index >= 15 is 0 Å². The molecule has 2 aliphatic heterocycles. The first-order valence-electron chi connectivity index (χ1n) is 8.12. The Labute approximate surface area is 143 Å². The molecule has 1 aromatic carbocycles. The van der Waals surface area contributed by atoms with E-state index in [0.717, 1.165) is 44.6 Å². The van der Waals surface area contributed by atoms with Crippen LogP contribution in [0.3, 0.4) is 0 Å². The molecule has 0 aromatic heterocycles. The summed E-state index contributed by atoms with van der Waals surface area (Å²) < 4.78 is 11.2. The summed E-state index contributed by atoms with van der Waals surface area (Å²) in [5.41, 5.74) is 6.63. The van der Waals surface area contributed by atoms with Gasteiger partial charge in [0.1, 0.15) is 12.4 Å². The molecule has 1 aromatic rings. The third kappa shape index (κ3) is 4.83. The zero-order valence-electron chi connectivity index (χ0n) is 13.3. The summed E-state index contributed by atoms with van der Waals surface area (Å²) in [6.45, 7) is 2.85. The number of hydrogen-bond acceptors (Lipinski definition) is 4. The van der Waals surface area contributed by atoms with Gasteiger partial charge in [-0.2, -0.15) is 0 Å². The van der Waals surface area contributed by atoms with Crippen molar-refractivity contribution in [3.05, 3.63) is 29.8 Å². The van der Waals surface area contributed by atoms with Gasteiger partial charge in [-0.15, -0.1) is 12.4 Å². The first-order valence-corrected chi connectivity index (χ1v) is 8.12. The number of amides is 1. The van der Waals surface area contributed by atoms with Crippen molar-refractivity contribution < 1.29 is 14.3 Å². The molecule has 0 aliphatic carbocycles. The number of likely N-dealkylation sites (tertiary alicyclic amines) is 1. The quantitative estimate of drug-likeness (QED) is 0.912. The predicted octanol–water partition coefficient (Wildman–Crippen LogP) is 2.23. The van der Waals surface area contributed by atoms with Crippen LogP contribution in [-0.4, -0.2) is 49.3 Å². The second-order valence-electron chi connectivity index (χ2n) is 6.12. The Morgan fingerprint density at radius 1 is 1.26 bits per heavy atom. The standard InChI is InChI=1S/C17H24N2O3.ClH/c18-14-3-1-9-19(11-14)17(20)13-5-7-15(8-6-13)22-12-16-4-2-10-21-16;/h5-8,14,16H,1-4,9-12,18H2;1H. The highest BCUT2D eigenvalue weighted by molar-refractivity contribution is 5.94. The third-order valence-electron chi connectivity index (χ3n) is 4.31. The van der Waals surface area contributed by atoms with E-state index in [1.165, 1.54) is 0 Å². The first-order chi connectivity index (χ1) is 10.7. The third-order valence-corrected chi connectivity index (χ3v) is 4.31. The smallest absolute Gasteiger partial charge is 0.253 e. The minimum absolute atomic E-state index is 0. The Morgan fingerprint density at radius 2 is 2.04 bits per heavy atom. The number of ether oxygens (including phenoxy) is 2. The molecule has 0 spiro atoms. The zero-order valence-corrected chi connectivity index (χ0v) is 14.1. The van der Waals surface area contributed by atoms with Crippen LogP contribution in [0.1, 0.15) is 36.0 Å². The van der Waals surface area contributed by atoms with Crippen LogP contribution in [-0.2, 0) is 4.74 Å². The molecule has 2 saturated heterocycles. The first kappa shape index (κ1) is 18.0. The van der Waals surface area contributed by atoms with Gasteiger partial charge in [0.05, 0.1) is 6.10 Å². The van der Waals surface area contributed by atoms with Gasteiger partial charge in [-0.05, 0) is 49.9 Å². The number of benzene rings is 1. The highest BCUT2D eigenvalue weighted by Crippen LogP contribution is 2.18. The van der Waals surface area contributed by atoms with Gasteiger partial charge in [0, 0.05) is 31.3 Å². The SMILES string of the molecule is Cl.NC1CCCN(C(=O)c2ccc(OCC3CCCO3)cc2)C1. The van der Waals surface area contributed by atoms with Gasteiger partial charge in [0.25, 0.3) is 5.91 Å². The number of carbonyl (C=O) groups excluding carboxylic acids is 1. The van der Waals surface area contributed by atoms with Crippen molar-refractivity contribution in [1.29, 1.82) is 0 Å². The summed E-state index contributed by atoms with van der Waals surface area (Å²) in [4.78, 5) is 14.3. The maximum Gasteiger partial charge on any atom is 0.253 e. The summed E-state index contributed by atoms with van der Waals surface area (Å²) in [6.07, 6.45) is 4.36. The number of carbonyl (C=O) groups is 1. The number of piperidine rings is 1. The summed E-state index contributed by atoms with van der Waals surface area (Å²) >= 11 is 0. The van der Waals surface area contributed by atoms with Crippen LogP contribution in [0.25, 0.3) is 0 Å². The fourth-order valence-corrected chi connectivity index (χ4v) is 3.04. The van der Waals surface area contributed by atoms with E-state index in [-0.39, 0.29) is 30.5 Å². The number of rotatable bonds is 4. The van der Waals surface area contributed by atoms with Crippen molar-refractivity contribution in [1.82, 2.24) is 4.90 Å². The fourth-order valence-electron chi connectivity index (χ4n) is 3.04. The Bertz CT molecular complexity index is 503. The molecule has 0 saturated carbocycles. The minimum Gasteiger partial charge on any atom is -0.491 e. The monoisotopic (exact) mass is 340 g/mol. The molecular formula is C17H25ClN2O3. The molecule has 2 atom stereocenters. The van der Waals surface area contributed by atoms with Crippen LogP contribution in [0, 0.1) is 0 Å². The molecule has 1 amide bonds. The second-order valence-corrected chi connectivity index (χ2v) is 6.12. The van der Waals surface area contributed by atoms with E-state index in [0.29, 0.717) is 18.7 Å². The fraction of sp³-hybridized carbons (Fsp3) is 0.588. The van der Waals surface area contributed by atoms with E-state index in [4.69, 9.17) is 15.2 Å². The van der Waals surface area contributed by atoms with Crippen molar-refractivity contribution in [2.45, 2.75) is 37.8 Å². The number of nitrogens with zero attached hydrogens (tertiary/aromatic N) is 1. The number of halogens is 1. The Hall–Kier alpha value is -1.30. The van der Waals surface area contributed by atoms with Gasteiger partial charge >= 0.3 is 0 Å². The van der Waals surface area contributed by atoms with E-state index in [1.807, 2.05) is 29.2 Å². The van der Waals surface area contributed by atoms with Crippen LogP contribution < -0.4 is 10.5 Å². The van der Waals surface area contributed by atoms with Gasteiger partial charge < -0.3 is 20.1 Å². The van der Waals surface area contributed by atoms with Crippen LogP contribution in [0.5, 0.6) is 5.75 Å². The summed E-state index contributed by atoms with van der Waals surface area (Å²) in [6, 6.07) is 7.46. The molecular weight excluding hydrogens is 316 g/mol. The highest BCUT2D eigenvalue weighted by atomic mass is 35.5. The molecule has 2 heterocycles. The molecule has 23 heavy (non-hydrogen) atoms. The number of hydrogen-bond donors (Lipinski definition) is 1. The van der Waals surface area contributed by atoms with Crippen LogP contribution in [0.15, 0.2) is 24.3 Å². The van der Waals surface area contributed by atoms with E-state index in [9.17, 15) is 4.79 Å². The zero-order chi connectivity index (χ0) is 15.4. The molecule has 5 nitrogen and oxygen atoms in total. The molecule has 2 N–H and O–H groups in total. The van der Waals surface area contributed by atoms with Gasteiger partial charge in [0.15, 0.2) is 0 Å². The van der Waals surface area contributed by atoms with E-state index in [1.54, 1.807) is 0 Å². The maximum absolute atomic E-state index is 12.4. The Morgan fingerprint density at radius 3 is 2.70 bits per heavy atom. The molecule has 0 bridgehead atoms. The van der Waals surface area contributed by atoms with Crippen LogP contribution >= 0.6 is 12.4 Å². The highest BCUT2D eigenvalue weighted by Gasteiger charge is 2.22. The van der Waals surface area contributed by atoms with Crippen molar-refractivity contribution in [2.75, 3.05) is 26.3 Å². The maximum atomic E-state index is 12.4. The average Bonchev–Trinajstić information content (AvgIpc) is 3.06. The van der Waals surface area contributed by atoms with E-state index < -0.39 is 0 Å². The summed E-state index contributed by atoms with van der Waals surface area (Å²) in [5.74, 6) is 0.836. The van der Waals surface area contributed by atoms with Crippen molar-refractivity contribution in [3.63, 3.8) is 0 Å². The topological polar surface area (TPSA) is 64.8 Å². The lowest BCUT2D eigenvalue weighted by atomic mass is 10.1. The van der Waals surface area contributed by atoms with Gasteiger partial charge in [-0.3, -0.25) is 4.79 Å². The van der Waals surface area contributed by atoms with Gasteiger partial charge in [-0.25, -0.2) is 0 Å². The van der Waals surface area contributed by atoms with Crippen LogP contribution in [0.2, 0.25) is 0 Å². The van der Waals surface area contributed by atoms with Crippen molar-refractivity contribution >= 4 is 18.3 Å². The molecule has 128 valence electrons. The second kappa shape index (κ2) is 8.52. The van der Waals surface area contributed by atoms with Gasteiger partial charge in [-0.1, -0.05) is 0 Å². The molecule has 0 radical (unpaired) electrons. The summed E-state index contributed by atoms with van der Waals surface area (Å²) in [5, 5.41) is 0. The molecule has 6 heteroatoms. The Kier molecular flexibility index (Phi) is 6.69. The lowest BCUT2D eigenvalue weighted by Crippen LogP contribution is -2.45. The molecule has 2 aliphatic rings. The van der Waals surface area contributed by atoms with E-state index in [2.05, 4.69) is 0 Å². The lowest BCUT2D eigenvalue weighted by Gasteiger charge is -2.30. The average molecular weight is 341 g/mol. The molecule has 2 unspecified atom stereocenters. The van der Waals surface area contributed by atoms with Crippen molar-refractivity contribution in [2.24, 2.45) is 5.73 Å².